The fourth-order valence-corrected chi connectivity index (χ4v) is 8.29. The molecule has 2 N–H and O–H groups in total. The summed E-state index contributed by atoms with van der Waals surface area (Å²) >= 11 is 0. The highest BCUT2D eigenvalue weighted by molar-refractivity contribution is 6.04. The highest BCUT2D eigenvalue weighted by atomic mass is 19.4. The lowest BCUT2D eigenvalue weighted by atomic mass is 9.70. The number of esters is 1. The zero-order chi connectivity index (χ0) is 38.9. The third-order valence-electron chi connectivity index (χ3n) is 11.1. The number of aliphatic hydroxyl groups excluding tert-OH is 1. The van der Waals surface area contributed by atoms with Crippen LogP contribution in [-0.4, -0.2) is 133 Å². The number of halogens is 3. The number of nitrogens with zero attached hydrogens (tertiary/aromatic N) is 2. The zero-order valence-corrected chi connectivity index (χ0v) is 31.8. The molecule has 0 spiro atoms. The van der Waals surface area contributed by atoms with Crippen molar-refractivity contribution in [1.82, 2.24) is 15.1 Å². The Balaban J connectivity index is 2.25. The minimum Gasteiger partial charge on any atom is -0.457 e. The van der Waals surface area contributed by atoms with Gasteiger partial charge in [-0.15, -0.1) is 0 Å². The van der Waals surface area contributed by atoms with Gasteiger partial charge in [0.1, 0.15) is 17.6 Å². The van der Waals surface area contributed by atoms with Crippen molar-refractivity contribution in [2.24, 2.45) is 17.3 Å². The molecule has 4 rings (SSSR count). The molecule has 2 amide bonds. The summed E-state index contributed by atoms with van der Waals surface area (Å²) in [6.07, 6.45) is -10.6. The number of carbonyl (C=O) groups is 4. The molecule has 0 aromatic rings. The summed E-state index contributed by atoms with van der Waals surface area (Å²) in [6, 6.07) is -2.93. The predicted octanol–water partition coefficient (Wildman–Crippen LogP) is 3.83. The first kappa shape index (κ1) is 42.9. The van der Waals surface area contributed by atoms with Crippen LogP contribution in [0, 0.1) is 17.3 Å². The topological polar surface area (TPSA) is 153 Å². The van der Waals surface area contributed by atoms with Crippen molar-refractivity contribution in [1.29, 1.82) is 0 Å². The zero-order valence-electron chi connectivity index (χ0n) is 31.8. The van der Waals surface area contributed by atoms with Gasteiger partial charge in [-0.05, 0) is 80.3 Å². The molecular weight excluding hydrogens is 679 g/mol. The smallest absolute Gasteiger partial charge is 0.457 e. The lowest BCUT2D eigenvalue weighted by Crippen LogP contribution is -2.63. The molecule has 4 aliphatic heterocycles. The van der Waals surface area contributed by atoms with Crippen molar-refractivity contribution < 1.29 is 61.1 Å². The maximum atomic E-state index is 14.6. The van der Waals surface area contributed by atoms with Crippen LogP contribution in [0.2, 0.25) is 0 Å². The molecule has 0 aromatic carbocycles. The van der Waals surface area contributed by atoms with Crippen molar-refractivity contribution in [2.45, 2.75) is 148 Å². The van der Waals surface area contributed by atoms with Crippen molar-refractivity contribution in [3.05, 3.63) is 0 Å². The van der Waals surface area contributed by atoms with E-state index in [2.05, 4.69) is 5.32 Å². The fraction of sp³-hybridized carbons (Fsp3) is 0.886. The second-order valence-electron chi connectivity index (χ2n) is 15.2. The number of alkyl halides is 3. The minimum atomic E-state index is -5.26. The molecule has 2 unspecified atom stereocenters. The Morgan fingerprint density at radius 3 is 2.27 bits per heavy atom. The standard InChI is InChI=1S/C35H58F3N3O10/c1-12-22(40(10)11)24(42)28(47-14-3)50-27-20(5)26(43)32(7)15-16-48-33(27,8)17-19(4)18-41(29(44)35(36,37)38)21(6)25-34(9,51-31(46)39-25)23(13-2)49-30(32)45/h19-25,27-28,42H,12-18H2,1-11H3,(H,39,46)/t19-,20+,21-,22?,23-,24?,25-,27-,28+,32+,33+,34-/m1/s1. The van der Waals surface area contributed by atoms with E-state index in [1.165, 1.54) is 20.8 Å². The number of carbonyl (C=O) groups excluding carboxylic acids is 4. The normalized spacial score (nSPS) is 37.3. The number of ether oxygens (including phenoxy) is 5. The Labute approximate surface area is 299 Å². The van der Waals surface area contributed by atoms with E-state index in [1.54, 1.807) is 48.7 Å². The van der Waals surface area contributed by atoms with E-state index >= 15 is 0 Å². The Hall–Kier alpha value is -2.53. The summed E-state index contributed by atoms with van der Waals surface area (Å²) in [6.45, 7) is 14.0. The number of ketones is 1. The van der Waals surface area contributed by atoms with E-state index in [0.717, 1.165) is 0 Å². The second-order valence-corrected chi connectivity index (χ2v) is 15.2. The molecule has 4 aliphatic rings. The van der Waals surface area contributed by atoms with E-state index in [1.807, 2.05) is 11.8 Å². The molecule has 294 valence electrons. The third-order valence-corrected chi connectivity index (χ3v) is 11.1. The first-order valence-electron chi connectivity index (χ1n) is 17.9. The number of nitrogens with one attached hydrogen (secondary N) is 1. The number of alkyl carbamates (subject to hydrolysis) is 1. The monoisotopic (exact) mass is 737 g/mol. The molecule has 16 heteroatoms. The summed E-state index contributed by atoms with van der Waals surface area (Å²) in [4.78, 5) is 57.1. The summed E-state index contributed by atoms with van der Waals surface area (Å²) in [5.74, 6) is -5.36. The molecule has 2 bridgehead atoms. The largest absolute Gasteiger partial charge is 0.471 e. The number of fused-ring (bicyclic) bond motifs is 10. The number of hydrogen-bond acceptors (Lipinski definition) is 11. The van der Waals surface area contributed by atoms with Crippen molar-refractivity contribution in [2.75, 3.05) is 33.9 Å². The van der Waals surface area contributed by atoms with Crippen LogP contribution in [0.25, 0.3) is 0 Å². The predicted molar refractivity (Wildman–Crippen MR) is 178 cm³/mol. The van der Waals surface area contributed by atoms with Crippen LogP contribution in [0.1, 0.15) is 88.0 Å². The average molecular weight is 738 g/mol. The summed E-state index contributed by atoms with van der Waals surface area (Å²) < 4.78 is 73.2. The van der Waals surface area contributed by atoms with Gasteiger partial charge in [0.15, 0.2) is 17.7 Å². The molecule has 4 fully saturated rings. The van der Waals surface area contributed by atoms with E-state index in [-0.39, 0.29) is 32.5 Å². The maximum Gasteiger partial charge on any atom is 0.471 e. The fourth-order valence-electron chi connectivity index (χ4n) is 8.29. The number of amides is 2. The molecule has 13 nitrogen and oxygen atoms in total. The van der Waals surface area contributed by atoms with E-state index in [0.29, 0.717) is 11.3 Å². The molecule has 4 heterocycles. The van der Waals surface area contributed by atoms with Crippen molar-refractivity contribution in [3.8, 4) is 0 Å². The van der Waals surface area contributed by atoms with Crippen LogP contribution >= 0.6 is 0 Å². The Bertz CT molecular complexity index is 1270. The van der Waals surface area contributed by atoms with E-state index in [9.17, 15) is 37.5 Å². The molecule has 0 saturated carbocycles. The van der Waals surface area contributed by atoms with E-state index < -0.39 is 108 Å². The number of rotatable bonds is 9. The number of likely N-dealkylation sites (N-methyl/N-ethyl adjacent to an activating group) is 1. The molecule has 4 saturated heterocycles. The summed E-state index contributed by atoms with van der Waals surface area (Å²) in [7, 11) is 3.59. The van der Waals surface area contributed by atoms with Gasteiger partial charge in [-0.3, -0.25) is 14.4 Å². The van der Waals surface area contributed by atoms with Gasteiger partial charge in [-0.1, -0.05) is 27.7 Å². The van der Waals surface area contributed by atoms with Crippen LogP contribution in [0.15, 0.2) is 0 Å². The van der Waals surface area contributed by atoms with Gasteiger partial charge in [0.05, 0.1) is 23.8 Å². The molecule has 0 aliphatic carbocycles. The number of Topliss-reactive ketones (excluding diaryl/α,β-unsaturated/α-hetero) is 1. The van der Waals surface area contributed by atoms with Gasteiger partial charge >= 0.3 is 24.1 Å². The molecular formula is C35H58F3N3O10. The van der Waals surface area contributed by atoms with E-state index in [4.69, 9.17) is 23.7 Å². The van der Waals surface area contributed by atoms with Gasteiger partial charge in [0.2, 0.25) is 0 Å². The minimum absolute atomic E-state index is 0.00693. The SMILES string of the molecule is CCO[C@@H](O[C@@H]1[C@@H](C)C(=O)[C@]2(C)CCO[C@@]1(C)C[C@@H](C)CN(C(=O)C(F)(F)F)[C@H](C)[C@H]1NC(=O)O[C@]1(C)[C@@H](CC)OC2=O)C(O)C(CC)N(C)C. The maximum absolute atomic E-state index is 14.6. The van der Waals surface area contributed by atoms with Gasteiger partial charge in [-0.25, -0.2) is 4.79 Å². The van der Waals surface area contributed by atoms with Crippen molar-refractivity contribution in [3.63, 3.8) is 0 Å². The molecule has 0 radical (unpaired) electrons. The van der Waals surface area contributed by atoms with Crippen LogP contribution < -0.4 is 5.32 Å². The highest BCUT2D eigenvalue weighted by Crippen LogP contribution is 2.43. The van der Waals surface area contributed by atoms with Crippen molar-refractivity contribution >= 4 is 23.8 Å². The van der Waals surface area contributed by atoms with Crippen LogP contribution in [-0.2, 0) is 38.1 Å². The molecule has 51 heavy (non-hydrogen) atoms. The van der Waals surface area contributed by atoms with Gasteiger partial charge in [-0.2, -0.15) is 13.2 Å². The van der Waals surface area contributed by atoms with Gasteiger partial charge < -0.3 is 43.9 Å². The average Bonchev–Trinajstić information content (AvgIpc) is 3.35. The van der Waals surface area contributed by atoms with Crippen LogP contribution in [0.4, 0.5) is 18.0 Å². The Morgan fingerprint density at radius 2 is 1.75 bits per heavy atom. The van der Waals surface area contributed by atoms with Gasteiger partial charge in [0.25, 0.3) is 0 Å². The summed E-state index contributed by atoms with van der Waals surface area (Å²) in [5.41, 5.74) is -4.89. The lowest BCUT2D eigenvalue weighted by molar-refractivity contribution is -0.273. The van der Waals surface area contributed by atoms with Crippen LogP contribution in [0.3, 0.4) is 0 Å². The molecule has 0 aromatic heterocycles. The van der Waals surface area contributed by atoms with Gasteiger partial charge in [0, 0.05) is 31.7 Å². The molecule has 12 atom stereocenters. The first-order chi connectivity index (χ1) is 23.5. The first-order valence-corrected chi connectivity index (χ1v) is 17.9. The second kappa shape index (κ2) is 16.2. The quantitative estimate of drug-likeness (QED) is 0.202. The Morgan fingerprint density at radius 1 is 1.12 bits per heavy atom. The van der Waals surface area contributed by atoms with Crippen LogP contribution in [0.5, 0.6) is 0 Å². The number of hydrogen-bond donors (Lipinski definition) is 2. The lowest BCUT2D eigenvalue weighted by Gasteiger charge is -2.47. The summed E-state index contributed by atoms with van der Waals surface area (Å²) in [5, 5.41) is 14.1. The Kier molecular flexibility index (Phi) is 13.6. The number of aliphatic hydroxyl groups is 1. The highest BCUT2D eigenvalue weighted by Gasteiger charge is 2.60. The third kappa shape index (κ3) is 8.66.